The minimum atomic E-state index is -0.839. The van der Waals surface area contributed by atoms with Crippen molar-refractivity contribution in [2.24, 2.45) is 0 Å². The molecular formula is C79H151NO5. The van der Waals surface area contributed by atoms with Gasteiger partial charge >= 0.3 is 5.97 Å². The van der Waals surface area contributed by atoms with Crippen LogP contribution < -0.4 is 5.32 Å². The Morgan fingerprint density at radius 2 is 0.588 bits per heavy atom. The van der Waals surface area contributed by atoms with Crippen LogP contribution in [0.1, 0.15) is 431 Å². The third-order valence-electron chi connectivity index (χ3n) is 18.2. The summed E-state index contributed by atoms with van der Waals surface area (Å²) < 4.78 is 5.51. The summed E-state index contributed by atoms with van der Waals surface area (Å²) >= 11 is 0. The monoisotopic (exact) mass is 1190 g/mol. The minimum Gasteiger partial charge on any atom is -0.466 e. The van der Waals surface area contributed by atoms with Crippen LogP contribution in [0.2, 0.25) is 0 Å². The number of carbonyl (C=O) groups is 2. The largest absolute Gasteiger partial charge is 0.466 e. The number of amides is 1. The molecule has 6 nitrogen and oxygen atoms in total. The molecule has 0 aliphatic heterocycles. The fourth-order valence-corrected chi connectivity index (χ4v) is 12.3. The standard InChI is InChI=1S/C79H151NO5/c1-3-5-7-9-11-13-15-17-18-19-42-45-49-53-57-61-65-69-73-79(84)85-74-70-66-62-58-54-50-46-43-40-38-36-34-32-30-28-26-24-22-20-21-23-25-27-29-31-33-35-37-39-41-44-48-52-56-60-64-68-72-78(83)80-76(75-81)77(82)71-67-63-59-55-51-47-16-14-12-10-8-6-4-2/h13,15,18-19,67,71,76-77,81-82H,3-12,14,16-17,20-66,68-70,72-75H2,1-2H3,(H,80,83)/b15-13-,19-18-,71-67+. The van der Waals surface area contributed by atoms with Gasteiger partial charge in [-0.1, -0.05) is 391 Å². The summed E-state index contributed by atoms with van der Waals surface area (Å²) in [6.07, 6.45) is 97.0. The van der Waals surface area contributed by atoms with Crippen molar-refractivity contribution in [1.29, 1.82) is 0 Å². The number of unbranched alkanes of at least 4 members (excludes halogenated alkanes) is 58. The van der Waals surface area contributed by atoms with Crippen LogP contribution in [-0.2, 0) is 14.3 Å². The van der Waals surface area contributed by atoms with Gasteiger partial charge in [0, 0.05) is 12.8 Å². The first-order chi connectivity index (χ1) is 42.0. The van der Waals surface area contributed by atoms with E-state index in [1.54, 1.807) is 6.08 Å². The molecule has 0 rings (SSSR count). The van der Waals surface area contributed by atoms with Gasteiger partial charge in [-0.2, -0.15) is 0 Å². The second-order valence-electron chi connectivity index (χ2n) is 26.7. The summed E-state index contributed by atoms with van der Waals surface area (Å²) in [7, 11) is 0. The average Bonchev–Trinajstić information content (AvgIpc) is 3.50. The highest BCUT2D eigenvalue weighted by Gasteiger charge is 2.18. The number of hydrogen-bond acceptors (Lipinski definition) is 5. The number of hydrogen-bond donors (Lipinski definition) is 3. The molecule has 1 amide bonds. The average molecular weight is 1200 g/mol. The van der Waals surface area contributed by atoms with Crippen LogP contribution in [0.3, 0.4) is 0 Å². The maximum atomic E-state index is 12.5. The number of carbonyl (C=O) groups excluding carboxylic acids is 2. The number of esters is 1. The summed E-state index contributed by atoms with van der Waals surface area (Å²) in [5.41, 5.74) is 0. The lowest BCUT2D eigenvalue weighted by Crippen LogP contribution is -2.45. The van der Waals surface area contributed by atoms with E-state index < -0.39 is 12.1 Å². The SMILES string of the molecule is CCCCCC/C=C\C/C=C\CCCCCCCCCC(=O)OCCCCCCCCCCCCCCCCCCCCCCCCCCCCCCCCCCCCCCCC(=O)NC(CO)C(O)/C=C/CCCCCCCCCCCCC. The Hall–Kier alpha value is -1.92. The summed E-state index contributed by atoms with van der Waals surface area (Å²) in [6.45, 7) is 4.92. The Balaban J connectivity index is 3.29. The number of ether oxygens (including phenoxy) is 1. The van der Waals surface area contributed by atoms with E-state index >= 15 is 0 Å². The fraction of sp³-hybridized carbons (Fsp3) is 0.899. The van der Waals surface area contributed by atoms with E-state index in [4.69, 9.17) is 4.74 Å². The zero-order valence-corrected chi connectivity index (χ0v) is 57.6. The molecule has 0 aliphatic rings. The van der Waals surface area contributed by atoms with Crippen LogP contribution in [0.15, 0.2) is 36.5 Å². The molecule has 0 spiro atoms. The Bertz CT molecular complexity index is 1380. The molecule has 0 heterocycles. The third-order valence-corrected chi connectivity index (χ3v) is 18.2. The molecule has 0 aromatic heterocycles. The Morgan fingerprint density at radius 1 is 0.329 bits per heavy atom. The maximum absolute atomic E-state index is 12.5. The second kappa shape index (κ2) is 74.5. The summed E-state index contributed by atoms with van der Waals surface area (Å²) in [4.78, 5) is 24.6. The van der Waals surface area contributed by atoms with Gasteiger partial charge in [-0.3, -0.25) is 9.59 Å². The van der Waals surface area contributed by atoms with Crippen LogP contribution in [0.5, 0.6) is 0 Å². The molecule has 0 bridgehead atoms. The van der Waals surface area contributed by atoms with E-state index in [1.807, 2.05) is 6.08 Å². The zero-order valence-electron chi connectivity index (χ0n) is 57.6. The molecule has 0 saturated carbocycles. The van der Waals surface area contributed by atoms with Crippen molar-refractivity contribution in [3.63, 3.8) is 0 Å². The quantitative estimate of drug-likeness (QED) is 0.0320. The Kier molecular flexibility index (Phi) is 72.9. The molecule has 6 heteroatoms. The van der Waals surface area contributed by atoms with Gasteiger partial charge in [-0.05, 0) is 64.2 Å². The van der Waals surface area contributed by atoms with Gasteiger partial charge in [0.15, 0.2) is 0 Å². The van der Waals surface area contributed by atoms with E-state index in [1.165, 1.54) is 353 Å². The number of nitrogens with one attached hydrogen (secondary N) is 1. The van der Waals surface area contributed by atoms with Gasteiger partial charge in [-0.25, -0.2) is 0 Å². The highest BCUT2D eigenvalue weighted by Crippen LogP contribution is 2.20. The smallest absolute Gasteiger partial charge is 0.305 e. The molecule has 0 saturated heterocycles. The summed E-state index contributed by atoms with van der Waals surface area (Å²) in [6, 6.07) is -0.623. The number of aliphatic hydroxyl groups excluding tert-OH is 2. The van der Waals surface area contributed by atoms with Crippen molar-refractivity contribution in [3.8, 4) is 0 Å². The van der Waals surface area contributed by atoms with Crippen LogP contribution in [0, 0.1) is 0 Å². The molecule has 2 atom stereocenters. The zero-order chi connectivity index (χ0) is 61.3. The van der Waals surface area contributed by atoms with Crippen LogP contribution in [-0.4, -0.2) is 47.4 Å². The normalized spacial score (nSPS) is 12.7. The Morgan fingerprint density at radius 3 is 0.906 bits per heavy atom. The third kappa shape index (κ3) is 71.0. The van der Waals surface area contributed by atoms with Crippen molar-refractivity contribution in [2.45, 2.75) is 443 Å². The minimum absolute atomic E-state index is 0.0163. The van der Waals surface area contributed by atoms with E-state index in [0.29, 0.717) is 19.4 Å². The number of rotatable bonds is 73. The first-order valence-corrected chi connectivity index (χ1v) is 38.8. The molecule has 3 N–H and O–H groups in total. The highest BCUT2D eigenvalue weighted by molar-refractivity contribution is 5.76. The van der Waals surface area contributed by atoms with Crippen molar-refractivity contribution in [3.05, 3.63) is 36.5 Å². The number of aliphatic hydroxyl groups is 2. The lowest BCUT2D eigenvalue weighted by atomic mass is 10.0. The van der Waals surface area contributed by atoms with Crippen LogP contribution >= 0.6 is 0 Å². The van der Waals surface area contributed by atoms with Crippen molar-refractivity contribution in [1.82, 2.24) is 5.32 Å². The van der Waals surface area contributed by atoms with E-state index in [0.717, 1.165) is 51.4 Å². The molecule has 0 aromatic rings. The second-order valence-corrected chi connectivity index (χ2v) is 26.7. The van der Waals surface area contributed by atoms with Crippen LogP contribution in [0.4, 0.5) is 0 Å². The van der Waals surface area contributed by atoms with E-state index in [9.17, 15) is 19.8 Å². The molecule has 0 radical (unpaired) electrons. The molecule has 502 valence electrons. The fourth-order valence-electron chi connectivity index (χ4n) is 12.3. The predicted octanol–water partition coefficient (Wildman–Crippen LogP) is 25.4. The summed E-state index contributed by atoms with van der Waals surface area (Å²) in [5.74, 6) is -0.0441. The topological polar surface area (TPSA) is 95.9 Å². The first kappa shape index (κ1) is 83.1. The lowest BCUT2D eigenvalue weighted by molar-refractivity contribution is -0.143. The van der Waals surface area contributed by atoms with Crippen molar-refractivity contribution < 1.29 is 24.5 Å². The predicted molar refractivity (Wildman–Crippen MR) is 375 cm³/mol. The van der Waals surface area contributed by atoms with Gasteiger partial charge in [-0.15, -0.1) is 0 Å². The maximum Gasteiger partial charge on any atom is 0.305 e. The molecule has 85 heavy (non-hydrogen) atoms. The molecule has 0 aliphatic carbocycles. The van der Waals surface area contributed by atoms with Gasteiger partial charge in [0.25, 0.3) is 0 Å². The highest BCUT2D eigenvalue weighted by atomic mass is 16.5. The van der Waals surface area contributed by atoms with E-state index in [2.05, 4.69) is 43.5 Å². The van der Waals surface area contributed by atoms with Crippen molar-refractivity contribution >= 4 is 11.9 Å². The molecule has 0 aromatic carbocycles. The van der Waals surface area contributed by atoms with Gasteiger partial charge < -0.3 is 20.3 Å². The summed E-state index contributed by atoms with van der Waals surface area (Å²) in [5, 5.41) is 23.1. The molecule has 2 unspecified atom stereocenters. The molecule has 0 fully saturated rings. The molecular weight excluding hydrogens is 1040 g/mol. The van der Waals surface area contributed by atoms with Gasteiger partial charge in [0.1, 0.15) is 0 Å². The van der Waals surface area contributed by atoms with Crippen LogP contribution in [0.25, 0.3) is 0 Å². The Labute approximate surface area is 532 Å². The lowest BCUT2D eigenvalue weighted by Gasteiger charge is -2.20. The van der Waals surface area contributed by atoms with Crippen molar-refractivity contribution in [2.75, 3.05) is 13.2 Å². The van der Waals surface area contributed by atoms with Gasteiger partial charge in [0.05, 0.1) is 25.4 Å². The van der Waals surface area contributed by atoms with E-state index in [-0.39, 0.29) is 18.5 Å². The first-order valence-electron chi connectivity index (χ1n) is 38.8. The van der Waals surface area contributed by atoms with Gasteiger partial charge in [0.2, 0.25) is 5.91 Å². The number of allylic oxidation sites excluding steroid dienone is 5.